The molecule has 2 aromatic heterocycles. The van der Waals surface area contributed by atoms with Crippen LogP contribution in [-0.2, 0) is 11.3 Å². The second kappa shape index (κ2) is 7.17. The van der Waals surface area contributed by atoms with E-state index in [-0.39, 0.29) is 29.8 Å². The number of hydrogen-bond acceptors (Lipinski definition) is 5. The van der Waals surface area contributed by atoms with Crippen molar-refractivity contribution in [3.05, 3.63) is 52.2 Å². The minimum atomic E-state index is -0.136. The molecule has 2 aromatic rings. The predicted octanol–water partition coefficient (Wildman–Crippen LogP) is 2.12. The van der Waals surface area contributed by atoms with Gasteiger partial charge in [-0.05, 0) is 23.6 Å². The first-order valence-electron chi connectivity index (χ1n) is 7.96. The molecule has 0 aliphatic carbocycles. The minimum Gasteiger partial charge on any atom is -0.352 e. The molecule has 24 heavy (non-hydrogen) atoms. The molecule has 3 heterocycles. The van der Waals surface area contributed by atoms with Crippen LogP contribution in [-0.4, -0.2) is 26.2 Å². The highest BCUT2D eigenvalue weighted by molar-refractivity contribution is 7.99. The van der Waals surface area contributed by atoms with Crippen LogP contribution < -0.4 is 10.9 Å². The van der Waals surface area contributed by atoms with E-state index < -0.39 is 0 Å². The van der Waals surface area contributed by atoms with Gasteiger partial charge in [-0.1, -0.05) is 25.6 Å². The Hall–Kier alpha value is -2.15. The number of pyridine rings is 1. The zero-order chi connectivity index (χ0) is 17.1. The van der Waals surface area contributed by atoms with E-state index in [0.29, 0.717) is 12.3 Å². The fraction of sp³-hybridized carbons (Fsp3) is 0.412. The maximum Gasteiger partial charge on any atom is 0.254 e. The number of carbonyl (C=O) groups excluding carboxylic acids is 1. The molecule has 0 fully saturated rings. The van der Waals surface area contributed by atoms with Crippen LogP contribution in [0.15, 0.2) is 40.5 Å². The Morgan fingerprint density at radius 2 is 2.17 bits per heavy atom. The minimum absolute atomic E-state index is 0.0647. The van der Waals surface area contributed by atoms with Crippen molar-refractivity contribution in [1.82, 2.24) is 19.9 Å². The summed E-state index contributed by atoms with van der Waals surface area (Å²) in [6.45, 7) is 4.50. The average molecular weight is 344 g/mol. The van der Waals surface area contributed by atoms with Crippen molar-refractivity contribution in [2.75, 3.05) is 5.75 Å². The molecule has 6 nitrogen and oxygen atoms in total. The third kappa shape index (κ3) is 3.67. The molecule has 3 rings (SSSR count). The van der Waals surface area contributed by atoms with Crippen LogP contribution in [0.5, 0.6) is 0 Å². The Morgan fingerprint density at radius 3 is 2.88 bits per heavy atom. The van der Waals surface area contributed by atoms with E-state index in [1.807, 2.05) is 26.0 Å². The molecule has 0 unspecified atom stereocenters. The highest BCUT2D eigenvalue weighted by atomic mass is 32.2. The number of hydrogen-bond donors (Lipinski definition) is 1. The van der Waals surface area contributed by atoms with E-state index >= 15 is 0 Å². The molecule has 0 saturated heterocycles. The van der Waals surface area contributed by atoms with Crippen LogP contribution in [0.1, 0.15) is 43.5 Å². The van der Waals surface area contributed by atoms with Crippen molar-refractivity contribution in [3.8, 4) is 0 Å². The van der Waals surface area contributed by atoms with Crippen LogP contribution in [0.3, 0.4) is 0 Å². The molecule has 0 bridgehead atoms. The van der Waals surface area contributed by atoms with E-state index in [0.717, 1.165) is 16.4 Å². The molecule has 0 spiro atoms. The Balaban J connectivity index is 1.66. The smallest absolute Gasteiger partial charge is 0.254 e. The lowest BCUT2D eigenvalue weighted by Gasteiger charge is -2.14. The summed E-state index contributed by atoms with van der Waals surface area (Å²) >= 11 is 1.54. The normalized spacial score (nSPS) is 16.2. The molecule has 0 radical (unpaired) electrons. The first-order chi connectivity index (χ1) is 11.5. The molecule has 1 aliphatic rings. The van der Waals surface area contributed by atoms with Gasteiger partial charge in [0.1, 0.15) is 0 Å². The van der Waals surface area contributed by atoms with E-state index in [2.05, 4.69) is 15.3 Å². The molecule has 1 N–H and O–H groups in total. The third-order valence-electron chi connectivity index (χ3n) is 3.96. The van der Waals surface area contributed by atoms with Gasteiger partial charge in [-0.25, -0.2) is 4.98 Å². The zero-order valence-corrected chi connectivity index (χ0v) is 14.5. The van der Waals surface area contributed by atoms with E-state index in [1.54, 1.807) is 34.8 Å². The molecule has 126 valence electrons. The third-order valence-corrected chi connectivity index (χ3v) is 5.06. The fourth-order valence-corrected chi connectivity index (χ4v) is 3.76. The lowest BCUT2D eigenvalue weighted by Crippen LogP contribution is -2.30. The molecular formula is C17H20N4O2S. The Morgan fingerprint density at radius 1 is 1.42 bits per heavy atom. The number of nitrogens with zero attached hydrogens (tertiary/aromatic N) is 3. The van der Waals surface area contributed by atoms with Crippen molar-refractivity contribution < 1.29 is 4.79 Å². The summed E-state index contributed by atoms with van der Waals surface area (Å²) in [4.78, 5) is 33.1. The lowest BCUT2D eigenvalue weighted by molar-refractivity contribution is -0.121. The first kappa shape index (κ1) is 16.7. The molecular weight excluding hydrogens is 324 g/mol. The second-order valence-electron chi connectivity index (χ2n) is 6.13. The summed E-state index contributed by atoms with van der Waals surface area (Å²) in [6.07, 6.45) is 3.68. The van der Waals surface area contributed by atoms with Gasteiger partial charge in [0.25, 0.3) is 5.56 Å². The van der Waals surface area contributed by atoms with Crippen molar-refractivity contribution in [2.45, 2.75) is 43.9 Å². The lowest BCUT2D eigenvalue weighted by atomic mass is 10.1. The van der Waals surface area contributed by atoms with Gasteiger partial charge in [0.05, 0.1) is 11.7 Å². The number of nitrogens with one attached hydrogen (secondary N) is 1. The van der Waals surface area contributed by atoms with Crippen molar-refractivity contribution in [1.29, 1.82) is 0 Å². The molecule has 0 saturated carbocycles. The van der Waals surface area contributed by atoms with Gasteiger partial charge in [0.2, 0.25) is 5.91 Å². The number of thioether (sulfide) groups is 1. The highest BCUT2D eigenvalue weighted by Gasteiger charge is 2.27. The van der Waals surface area contributed by atoms with Gasteiger partial charge in [-0.3, -0.25) is 19.1 Å². The number of amides is 1. The largest absolute Gasteiger partial charge is 0.352 e. The van der Waals surface area contributed by atoms with Gasteiger partial charge in [-0.15, -0.1) is 0 Å². The number of fused-ring (bicyclic) bond motifs is 1. The summed E-state index contributed by atoms with van der Waals surface area (Å²) in [5.74, 6) is 0.851. The van der Waals surface area contributed by atoms with Crippen molar-refractivity contribution >= 4 is 17.7 Å². The number of carbonyl (C=O) groups is 1. The van der Waals surface area contributed by atoms with Crippen LogP contribution in [0.25, 0.3) is 0 Å². The van der Waals surface area contributed by atoms with Gasteiger partial charge >= 0.3 is 0 Å². The van der Waals surface area contributed by atoms with Gasteiger partial charge < -0.3 is 5.32 Å². The molecule has 1 atom stereocenters. The SMILES string of the molecule is CC(C)c1cc(=O)n2c(n1)SC[C@@H]2CC(=O)NCc1ccncc1. The van der Waals surface area contributed by atoms with E-state index in [9.17, 15) is 9.59 Å². The molecule has 0 aromatic carbocycles. The number of rotatable bonds is 5. The van der Waals surface area contributed by atoms with E-state index in [4.69, 9.17) is 0 Å². The quantitative estimate of drug-likeness (QED) is 0.841. The first-order valence-corrected chi connectivity index (χ1v) is 8.95. The van der Waals surface area contributed by atoms with Gasteiger partial charge in [0.15, 0.2) is 5.16 Å². The van der Waals surface area contributed by atoms with Gasteiger partial charge in [0, 0.05) is 37.2 Å². The summed E-state index contributed by atoms with van der Waals surface area (Å²) in [7, 11) is 0. The Bertz CT molecular complexity index is 789. The second-order valence-corrected chi connectivity index (χ2v) is 7.11. The molecule has 1 amide bonds. The van der Waals surface area contributed by atoms with Crippen molar-refractivity contribution in [2.24, 2.45) is 0 Å². The summed E-state index contributed by atoms with van der Waals surface area (Å²) < 4.78 is 1.66. The fourth-order valence-electron chi connectivity index (χ4n) is 2.60. The summed E-state index contributed by atoms with van der Waals surface area (Å²) in [5, 5.41) is 3.61. The predicted molar refractivity (Wildman–Crippen MR) is 93.0 cm³/mol. The monoisotopic (exact) mass is 344 g/mol. The Labute approximate surface area is 144 Å². The Kier molecular flexibility index (Phi) is 4.99. The van der Waals surface area contributed by atoms with Crippen LogP contribution in [0.2, 0.25) is 0 Å². The zero-order valence-electron chi connectivity index (χ0n) is 13.7. The van der Waals surface area contributed by atoms with Crippen molar-refractivity contribution in [3.63, 3.8) is 0 Å². The number of aromatic nitrogens is 3. The maximum atomic E-state index is 12.4. The van der Waals surface area contributed by atoms with Crippen LogP contribution in [0, 0.1) is 0 Å². The summed E-state index contributed by atoms with van der Waals surface area (Å²) in [5.41, 5.74) is 1.74. The topological polar surface area (TPSA) is 76.9 Å². The van der Waals surface area contributed by atoms with Gasteiger partial charge in [-0.2, -0.15) is 0 Å². The highest BCUT2D eigenvalue weighted by Crippen LogP contribution is 2.32. The summed E-state index contributed by atoms with van der Waals surface area (Å²) in [6, 6.07) is 5.18. The maximum absolute atomic E-state index is 12.4. The van der Waals surface area contributed by atoms with Crippen LogP contribution in [0.4, 0.5) is 0 Å². The average Bonchev–Trinajstić information content (AvgIpc) is 2.97. The van der Waals surface area contributed by atoms with E-state index in [1.165, 1.54) is 0 Å². The molecule has 7 heteroatoms. The standard InChI is InChI=1S/C17H20N4O2S/c1-11(2)14-8-16(23)21-13(10-24-17(21)20-14)7-15(22)19-9-12-3-5-18-6-4-12/h3-6,8,11,13H,7,9-10H2,1-2H3,(H,19,22)/t13-/m0/s1. The molecule has 1 aliphatic heterocycles. The van der Waals surface area contributed by atoms with Crippen LogP contribution >= 0.6 is 11.8 Å².